The van der Waals surface area contributed by atoms with E-state index in [-0.39, 0.29) is 31.6 Å². The Balaban J connectivity index is 1.58. The molecule has 2 aliphatic heterocycles. The van der Waals surface area contributed by atoms with Crippen LogP contribution in [0, 0.1) is 0 Å². The van der Waals surface area contributed by atoms with E-state index in [2.05, 4.69) is 5.32 Å². The first-order valence-corrected chi connectivity index (χ1v) is 9.87. The number of rotatable bonds is 3. The number of benzene rings is 1. The highest BCUT2D eigenvalue weighted by Crippen LogP contribution is 2.37. The van der Waals surface area contributed by atoms with Crippen molar-refractivity contribution in [1.82, 2.24) is 14.7 Å². The number of halogens is 6. The van der Waals surface area contributed by atoms with Gasteiger partial charge in [0, 0.05) is 45.0 Å². The highest BCUT2D eigenvalue weighted by atomic mass is 19.4. The van der Waals surface area contributed by atoms with Gasteiger partial charge in [-0.2, -0.15) is 26.3 Å². The summed E-state index contributed by atoms with van der Waals surface area (Å²) in [5.41, 5.74) is -3.61. The predicted octanol–water partition coefficient (Wildman–Crippen LogP) is 2.73. The molecule has 0 aromatic heterocycles. The van der Waals surface area contributed by atoms with E-state index in [0.717, 1.165) is 0 Å². The second-order valence-corrected chi connectivity index (χ2v) is 7.48. The summed E-state index contributed by atoms with van der Waals surface area (Å²) in [6.45, 7) is 3.19. The number of anilines is 1. The first-order valence-electron chi connectivity index (χ1n) is 9.87. The van der Waals surface area contributed by atoms with Gasteiger partial charge in [-0.3, -0.25) is 9.69 Å². The van der Waals surface area contributed by atoms with Crippen LogP contribution in [0.25, 0.3) is 0 Å². The number of carbonyl (C=O) groups is 2. The number of nitrogens with zero attached hydrogens (tertiary/aromatic N) is 3. The third-order valence-corrected chi connectivity index (χ3v) is 5.22. The number of carbonyl (C=O) groups excluding carboxylic acids is 2. The average molecular weight is 468 g/mol. The number of morpholine rings is 1. The van der Waals surface area contributed by atoms with Crippen LogP contribution in [0.4, 0.5) is 36.8 Å². The molecule has 2 saturated heterocycles. The second kappa shape index (κ2) is 9.53. The van der Waals surface area contributed by atoms with Gasteiger partial charge in [0.05, 0.1) is 30.9 Å². The van der Waals surface area contributed by atoms with Crippen molar-refractivity contribution in [3.8, 4) is 0 Å². The van der Waals surface area contributed by atoms with E-state index in [1.54, 1.807) is 4.90 Å². The summed E-state index contributed by atoms with van der Waals surface area (Å²) in [5.74, 6) is -0.0603. The Kier molecular flexibility index (Phi) is 7.18. The predicted molar refractivity (Wildman–Crippen MR) is 101 cm³/mol. The lowest BCUT2D eigenvalue weighted by molar-refractivity contribution is -0.143. The van der Waals surface area contributed by atoms with Gasteiger partial charge >= 0.3 is 18.4 Å². The van der Waals surface area contributed by atoms with Crippen LogP contribution >= 0.6 is 0 Å². The molecule has 2 heterocycles. The largest absolute Gasteiger partial charge is 0.416 e. The number of piperazine rings is 1. The van der Waals surface area contributed by atoms with E-state index in [9.17, 15) is 35.9 Å². The molecular formula is C19H22F6N4O3. The third kappa shape index (κ3) is 6.25. The van der Waals surface area contributed by atoms with Crippen molar-refractivity contribution in [3.63, 3.8) is 0 Å². The minimum atomic E-state index is -5.00. The van der Waals surface area contributed by atoms with Gasteiger partial charge in [-0.05, 0) is 18.2 Å². The zero-order chi connectivity index (χ0) is 23.5. The molecule has 0 atom stereocenters. The SMILES string of the molecule is O=C(CN1CCN(C(=O)Nc2cc(C(F)(F)F)cc(C(F)(F)F)c2)CC1)N1CCOCC1. The molecule has 0 unspecified atom stereocenters. The van der Waals surface area contributed by atoms with Crippen molar-refractivity contribution in [2.75, 3.05) is 64.3 Å². The molecule has 0 spiro atoms. The van der Waals surface area contributed by atoms with E-state index < -0.39 is 35.2 Å². The van der Waals surface area contributed by atoms with Crippen LogP contribution in [-0.2, 0) is 21.9 Å². The van der Waals surface area contributed by atoms with Gasteiger partial charge in [0.1, 0.15) is 0 Å². The van der Waals surface area contributed by atoms with Crippen LogP contribution in [0.2, 0.25) is 0 Å². The van der Waals surface area contributed by atoms with Gasteiger partial charge in [-0.25, -0.2) is 4.79 Å². The maximum atomic E-state index is 13.0. The van der Waals surface area contributed by atoms with Crippen LogP contribution in [0.5, 0.6) is 0 Å². The summed E-state index contributed by atoms with van der Waals surface area (Å²) in [5, 5.41) is 2.12. The van der Waals surface area contributed by atoms with Crippen LogP contribution in [0.3, 0.4) is 0 Å². The number of alkyl halides is 6. The standard InChI is InChI=1S/C19H22F6N4O3/c20-18(21,22)13-9-14(19(23,24)25)11-15(10-13)26-17(31)29-3-1-27(2-4-29)12-16(30)28-5-7-32-8-6-28/h9-11H,1-8,12H2,(H,26,31). The van der Waals surface area contributed by atoms with Crippen LogP contribution < -0.4 is 5.32 Å². The van der Waals surface area contributed by atoms with Crippen molar-refractivity contribution in [3.05, 3.63) is 29.3 Å². The summed E-state index contributed by atoms with van der Waals surface area (Å²) < 4.78 is 83.1. The van der Waals surface area contributed by atoms with Gasteiger partial charge < -0.3 is 19.9 Å². The summed E-state index contributed by atoms with van der Waals surface area (Å²) >= 11 is 0. The van der Waals surface area contributed by atoms with Crippen molar-refractivity contribution in [2.24, 2.45) is 0 Å². The normalized spacial score (nSPS) is 18.6. The van der Waals surface area contributed by atoms with E-state index in [1.807, 2.05) is 4.90 Å². The van der Waals surface area contributed by atoms with Crippen LogP contribution in [0.1, 0.15) is 11.1 Å². The lowest BCUT2D eigenvalue weighted by Gasteiger charge is -2.36. The minimum Gasteiger partial charge on any atom is -0.378 e. The molecular weight excluding hydrogens is 446 g/mol. The molecule has 1 aromatic carbocycles. The zero-order valence-corrected chi connectivity index (χ0v) is 16.9. The van der Waals surface area contributed by atoms with Crippen LogP contribution in [0.15, 0.2) is 18.2 Å². The van der Waals surface area contributed by atoms with Crippen molar-refractivity contribution in [2.45, 2.75) is 12.4 Å². The van der Waals surface area contributed by atoms with Gasteiger partial charge in [0.2, 0.25) is 5.91 Å². The Hall–Kier alpha value is -2.54. The fourth-order valence-corrected chi connectivity index (χ4v) is 3.44. The number of hydrogen-bond donors (Lipinski definition) is 1. The third-order valence-electron chi connectivity index (χ3n) is 5.22. The maximum absolute atomic E-state index is 13.0. The summed E-state index contributed by atoms with van der Waals surface area (Å²) in [7, 11) is 0. The fraction of sp³-hybridized carbons (Fsp3) is 0.579. The summed E-state index contributed by atoms with van der Waals surface area (Å²) in [6, 6.07) is 0.117. The molecule has 3 rings (SSSR count). The van der Waals surface area contributed by atoms with Crippen molar-refractivity contribution >= 4 is 17.6 Å². The molecule has 2 aliphatic rings. The monoisotopic (exact) mass is 468 g/mol. The molecule has 0 aliphatic carbocycles. The molecule has 1 aromatic rings. The topological polar surface area (TPSA) is 65.1 Å². The lowest BCUT2D eigenvalue weighted by Crippen LogP contribution is -2.53. The number of urea groups is 1. The smallest absolute Gasteiger partial charge is 0.378 e. The Bertz CT molecular complexity index is 799. The van der Waals surface area contributed by atoms with Crippen molar-refractivity contribution < 1.29 is 40.7 Å². The molecule has 13 heteroatoms. The van der Waals surface area contributed by atoms with Gasteiger partial charge in [0.15, 0.2) is 0 Å². The van der Waals surface area contributed by atoms with Gasteiger partial charge in [-0.1, -0.05) is 0 Å². The molecule has 7 nitrogen and oxygen atoms in total. The molecule has 0 bridgehead atoms. The molecule has 32 heavy (non-hydrogen) atoms. The molecule has 0 radical (unpaired) electrons. The fourth-order valence-electron chi connectivity index (χ4n) is 3.44. The Morgan fingerprint density at radius 1 is 0.812 bits per heavy atom. The highest BCUT2D eigenvalue weighted by Gasteiger charge is 2.37. The Morgan fingerprint density at radius 2 is 1.34 bits per heavy atom. The Labute approximate surface area is 179 Å². The molecule has 2 fully saturated rings. The quantitative estimate of drug-likeness (QED) is 0.694. The molecule has 178 valence electrons. The highest BCUT2D eigenvalue weighted by molar-refractivity contribution is 5.89. The van der Waals surface area contributed by atoms with E-state index in [4.69, 9.17) is 4.74 Å². The van der Waals surface area contributed by atoms with Gasteiger partial charge in [-0.15, -0.1) is 0 Å². The van der Waals surface area contributed by atoms with Crippen molar-refractivity contribution in [1.29, 1.82) is 0 Å². The number of amides is 3. The first kappa shape index (κ1) is 24.1. The summed E-state index contributed by atoms with van der Waals surface area (Å²) in [6.07, 6.45) is -10.0. The Morgan fingerprint density at radius 3 is 1.84 bits per heavy atom. The molecule has 3 amide bonds. The molecule has 0 saturated carbocycles. The summed E-state index contributed by atoms with van der Waals surface area (Å²) in [4.78, 5) is 29.5. The second-order valence-electron chi connectivity index (χ2n) is 7.48. The maximum Gasteiger partial charge on any atom is 0.416 e. The number of ether oxygens (including phenoxy) is 1. The molecule has 1 N–H and O–H groups in total. The van der Waals surface area contributed by atoms with Crippen LogP contribution in [-0.4, -0.2) is 85.7 Å². The average Bonchev–Trinajstić information content (AvgIpc) is 2.73. The van der Waals surface area contributed by atoms with E-state index in [0.29, 0.717) is 51.5 Å². The van der Waals surface area contributed by atoms with E-state index >= 15 is 0 Å². The zero-order valence-electron chi connectivity index (χ0n) is 16.9. The first-order chi connectivity index (χ1) is 14.9. The van der Waals surface area contributed by atoms with Gasteiger partial charge in [0.25, 0.3) is 0 Å². The number of nitrogens with one attached hydrogen (secondary N) is 1. The minimum absolute atomic E-state index is 0.0000959. The lowest BCUT2D eigenvalue weighted by atomic mass is 10.1. The number of hydrogen-bond acceptors (Lipinski definition) is 4. The van der Waals surface area contributed by atoms with E-state index in [1.165, 1.54) is 4.90 Å².